The topological polar surface area (TPSA) is 52.6 Å². The van der Waals surface area contributed by atoms with Crippen LogP contribution in [0.4, 0.5) is 0 Å². The molecular formula is C14H16O4. The van der Waals surface area contributed by atoms with Crippen LogP contribution in [-0.4, -0.2) is 18.5 Å². The van der Waals surface area contributed by atoms with E-state index in [1.54, 1.807) is 6.92 Å². The molecule has 1 aliphatic rings. The molecule has 0 bridgehead atoms. The number of esters is 2. The Balaban J connectivity index is 2.11. The van der Waals surface area contributed by atoms with Crippen molar-refractivity contribution in [1.82, 2.24) is 0 Å². The van der Waals surface area contributed by atoms with Crippen LogP contribution in [0.2, 0.25) is 0 Å². The molecule has 0 saturated carbocycles. The monoisotopic (exact) mass is 248 g/mol. The van der Waals surface area contributed by atoms with Crippen molar-refractivity contribution < 1.29 is 19.1 Å². The Labute approximate surface area is 106 Å². The van der Waals surface area contributed by atoms with Crippen LogP contribution in [-0.2, 0) is 19.1 Å². The van der Waals surface area contributed by atoms with Crippen molar-refractivity contribution in [2.75, 3.05) is 6.61 Å². The molecule has 2 rings (SSSR count). The molecule has 1 saturated heterocycles. The lowest BCUT2D eigenvalue weighted by Crippen LogP contribution is -2.21. The SMILES string of the molecule is CCOC(=O)C1CC(c2cccc(C)c2)OC1=O. The van der Waals surface area contributed by atoms with Gasteiger partial charge in [-0.25, -0.2) is 0 Å². The molecule has 4 heteroatoms. The number of benzene rings is 1. The molecule has 0 N–H and O–H groups in total. The van der Waals surface area contributed by atoms with Crippen LogP contribution in [0.25, 0.3) is 0 Å². The van der Waals surface area contributed by atoms with Crippen molar-refractivity contribution in [3.05, 3.63) is 35.4 Å². The maximum Gasteiger partial charge on any atom is 0.321 e. The van der Waals surface area contributed by atoms with Gasteiger partial charge in [0, 0.05) is 6.42 Å². The van der Waals surface area contributed by atoms with Gasteiger partial charge in [-0.15, -0.1) is 0 Å². The highest BCUT2D eigenvalue weighted by Gasteiger charge is 2.41. The molecule has 2 atom stereocenters. The third kappa shape index (κ3) is 2.53. The number of carbonyl (C=O) groups is 2. The molecule has 1 aliphatic heterocycles. The molecule has 96 valence electrons. The molecule has 2 unspecified atom stereocenters. The summed E-state index contributed by atoms with van der Waals surface area (Å²) in [6, 6.07) is 7.75. The zero-order valence-electron chi connectivity index (χ0n) is 10.5. The van der Waals surface area contributed by atoms with Crippen molar-refractivity contribution in [3.8, 4) is 0 Å². The number of hydrogen-bond acceptors (Lipinski definition) is 4. The highest BCUT2D eigenvalue weighted by molar-refractivity contribution is 5.96. The number of ether oxygens (including phenoxy) is 2. The van der Waals surface area contributed by atoms with Crippen LogP contribution in [0, 0.1) is 12.8 Å². The standard InChI is InChI=1S/C14H16O4/c1-3-17-13(15)11-8-12(18-14(11)16)10-6-4-5-9(2)7-10/h4-7,11-12H,3,8H2,1-2H3. The summed E-state index contributed by atoms with van der Waals surface area (Å²) in [6.07, 6.45) is 0.0213. The van der Waals surface area contributed by atoms with E-state index in [4.69, 9.17) is 9.47 Å². The van der Waals surface area contributed by atoms with Gasteiger partial charge in [-0.1, -0.05) is 29.8 Å². The van der Waals surface area contributed by atoms with Crippen LogP contribution in [0.15, 0.2) is 24.3 Å². The Bertz CT molecular complexity index is 467. The molecular weight excluding hydrogens is 232 g/mol. The zero-order valence-corrected chi connectivity index (χ0v) is 10.5. The van der Waals surface area contributed by atoms with Crippen LogP contribution < -0.4 is 0 Å². The number of carbonyl (C=O) groups excluding carboxylic acids is 2. The Morgan fingerprint density at radius 1 is 1.50 bits per heavy atom. The van der Waals surface area contributed by atoms with Gasteiger partial charge in [0.05, 0.1) is 6.61 Å². The fraction of sp³-hybridized carbons (Fsp3) is 0.429. The Hall–Kier alpha value is -1.84. The van der Waals surface area contributed by atoms with Crippen molar-refractivity contribution in [1.29, 1.82) is 0 Å². The first-order chi connectivity index (χ1) is 8.61. The number of cyclic esters (lactones) is 1. The second-order valence-electron chi connectivity index (χ2n) is 4.38. The molecule has 0 aromatic heterocycles. The van der Waals surface area contributed by atoms with E-state index in [0.29, 0.717) is 6.42 Å². The molecule has 4 nitrogen and oxygen atoms in total. The van der Waals surface area contributed by atoms with Gasteiger partial charge in [0.15, 0.2) is 5.92 Å². The molecule has 0 radical (unpaired) electrons. The third-order valence-corrected chi connectivity index (χ3v) is 2.98. The quantitative estimate of drug-likeness (QED) is 0.607. The smallest absolute Gasteiger partial charge is 0.321 e. The summed E-state index contributed by atoms with van der Waals surface area (Å²) in [5.41, 5.74) is 2.03. The van der Waals surface area contributed by atoms with Crippen LogP contribution >= 0.6 is 0 Å². The van der Waals surface area contributed by atoms with E-state index in [1.807, 2.05) is 31.2 Å². The van der Waals surface area contributed by atoms with Gasteiger partial charge in [-0.05, 0) is 19.4 Å². The average Bonchev–Trinajstić information content (AvgIpc) is 2.72. The summed E-state index contributed by atoms with van der Waals surface area (Å²) in [5, 5.41) is 0. The van der Waals surface area contributed by atoms with E-state index in [1.165, 1.54) is 0 Å². The lowest BCUT2D eigenvalue weighted by atomic mass is 9.99. The molecule has 0 aliphatic carbocycles. The van der Waals surface area contributed by atoms with E-state index >= 15 is 0 Å². The molecule has 1 fully saturated rings. The van der Waals surface area contributed by atoms with E-state index in [0.717, 1.165) is 11.1 Å². The maximum atomic E-state index is 11.6. The fourth-order valence-electron chi connectivity index (χ4n) is 2.09. The van der Waals surface area contributed by atoms with Gasteiger partial charge >= 0.3 is 11.9 Å². The Morgan fingerprint density at radius 2 is 2.28 bits per heavy atom. The molecule has 1 aromatic rings. The molecule has 1 heterocycles. The predicted octanol–water partition coefficient (Wildman–Crippen LogP) is 2.16. The highest BCUT2D eigenvalue weighted by Crippen LogP contribution is 2.34. The van der Waals surface area contributed by atoms with Crippen LogP contribution in [0.1, 0.15) is 30.6 Å². The minimum atomic E-state index is -0.782. The highest BCUT2D eigenvalue weighted by atomic mass is 16.6. The minimum absolute atomic E-state index is 0.276. The first-order valence-corrected chi connectivity index (χ1v) is 6.05. The lowest BCUT2D eigenvalue weighted by molar-refractivity contribution is -0.156. The van der Waals surface area contributed by atoms with Crippen molar-refractivity contribution in [2.24, 2.45) is 5.92 Å². The summed E-state index contributed by atoms with van der Waals surface area (Å²) in [6.45, 7) is 3.97. The maximum absolute atomic E-state index is 11.6. The second kappa shape index (κ2) is 5.21. The lowest BCUT2D eigenvalue weighted by Gasteiger charge is -2.09. The van der Waals surface area contributed by atoms with Gasteiger partial charge in [0.2, 0.25) is 0 Å². The van der Waals surface area contributed by atoms with E-state index in [2.05, 4.69) is 0 Å². The summed E-state index contributed by atoms with van der Waals surface area (Å²) < 4.78 is 10.1. The second-order valence-corrected chi connectivity index (χ2v) is 4.38. The van der Waals surface area contributed by atoms with E-state index in [9.17, 15) is 9.59 Å². The summed E-state index contributed by atoms with van der Waals surface area (Å²) in [7, 11) is 0. The van der Waals surface area contributed by atoms with E-state index in [-0.39, 0.29) is 12.7 Å². The Kier molecular flexibility index (Phi) is 3.65. The van der Waals surface area contributed by atoms with Gasteiger partial charge in [0.25, 0.3) is 0 Å². The first kappa shape index (κ1) is 12.6. The largest absolute Gasteiger partial charge is 0.465 e. The predicted molar refractivity (Wildman–Crippen MR) is 64.8 cm³/mol. The van der Waals surface area contributed by atoms with Crippen molar-refractivity contribution in [3.63, 3.8) is 0 Å². The van der Waals surface area contributed by atoms with Gasteiger partial charge in [-0.2, -0.15) is 0 Å². The molecule has 1 aromatic carbocycles. The molecule has 0 spiro atoms. The average molecular weight is 248 g/mol. The van der Waals surface area contributed by atoms with Crippen molar-refractivity contribution >= 4 is 11.9 Å². The van der Waals surface area contributed by atoms with Gasteiger partial charge in [0.1, 0.15) is 6.10 Å². The van der Waals surface area contributed by atoms with Gasteiger partial charge < -0.3 is 9.47 Å². The van der Waals surface area contributed by atoms with Crippen LogP contribution in [0.5, 0.6) is 0 Å². The number of hydrogen-bond donors (Lipinski definition) is 0. The number of aryl methyl sites for hydroxylation is 1. The summed E-state index contributed by atoms with van der Waals surface area (Å²) in [4.78, 5) is 23.2. The summed E-state index contributed by atoms with van der Waals surface area (Å²) in [5.74, 6) is -1.76. The van der Waals surface area contributed by atoms with E-state index < -0.39 is 17.9 Å². The zero-order chi connectivity index (χ0) is 13.1. The molecule has 18 heavy (non-hydrogen) atoms. The number of rotatable bonds is 3. The fourth-order valence-corrected chi connectivity index (χ4v) is 2.09. The Morgan fingerprint density at radius 3 is 2.94 bits per heavy atom. The summed E-state index contributed by atoms with van der Waals surface area (Å²) >= 11 is 0. The first-order valence-electron chi connectivity index (χ1n) is 6.05. The van der Waals surface area contributed by atoms with Crippen LogP contribution in [0.3, 0.4) is 0 Å². The molecule has 0 amide bonds. The van der Waals surface area contributed by atoms with Gasteiger partial charge in [-0.3, -0.25) is 9.59 Å². The van der Waals surface area contributed by atoms with Crippen molar-refractivity contribution in [2.45, 2.75) is 26.4 Å². The third-order valence-electron chi connectivity index (χ3n) is 2.98. The normalized spacial score (nSPS) is 22.7. The minimum Gasteiger partial charge on any atom is -0.465 e.